The summed E-state index contributed by atoms with van der Waals surface area (Å²) in [5.74, 6) is -0.192. The van der Waals surface area contributed by atoms with Crippen molar-refractivity contribution in [1.29, 1.82) is 0 Å². The van der Waals surface area contributed by atoms with Crippen LogP contribution in [0.25, 0.3) is 0 Å². The molecule has 5 nitrogen and oxygen atoms in total. The molecule has 0 spiro atoms. The summed E-state index contributed by atoms with van der Waals surface area (Å²) in [4.78, 5) is 12.7. The fourth-order valence-electron chi connectivity index (χ4n) is 2.96. The van der Waals surface area contributed by atoms with E-state index in [4.69, 9.17) is 0 Å². The van der Waals surface area contributed by atoms with Gasteiger partial charge in [-0.05, 0) is 72.7 Å². The van der Waals surface area contributed by atoms with E-state index in [1.165, 1.54) is 11.1 Å². The van der Waals surface area contributed by atoms with Crippen molar-refractivity contribution in [1.82, 2.24) is 5.32 Å². The molecule has 1 atom stereocenters. The number of rotatable bonds is 7. The Morgan fingerprint density at radius 3 is 2.34 bits per heavy atom. The van der Waals surface area contributed by atoms with Gasteiger partial charge in [-0.2, -0.15) is 0 Å². The lowest BCUT2D eigenvalue weighted by atomic mass is 9.99. The van der Waals surface area contributed by atoms with Gasteiger partial charge in [-0.15, -0.1) is 11.3 Å². The smallest absolute Gasteiger partial charge is 0.271 e. The highest BCUT2D eigenvalue weighted by atomic mass is 32.2. The summed E-state index contributed by atoms with van der Waals surface area (Å²) in [5.41, 5.74) is 4.37. The van der Waals surface area contributed by atoms with E-state index < -0.39 is 10.0 Å². The van der Waals surface area contributed by atoms with Crippen LogP contribution >= 0.6 is 11.3 Å². The summed E-state index contributed by atoms with van der Waals surface area (Å²) < 4.78 is 27.4. The largest absolute Gasteiger partial charge is 0.345 e. The van der Waals surface area contributed by atoms with Crippen LogP contribution < -0.4 is 10.0 Å². The first-order chi connectivity index (χ1) is 13.8. The molecule has 0 saturated heterocycles. The summed E-state index contributed by atoms with van der Waals surface area (Å²) in [6.45, 7) is 6.15. The predicted octanol–water partition coefficient (Wildman–Crippen LogP) is 5.05. The fourth-order valence-corrected chi connectivity index (χ4v) is 5.01. The van der Waals surface area contributed by atoms with E-state index in [9.17, 15) is 13.2 Å². The molecule has 1 aromatic heterocycles. The van der Waals surface area contributed by atoms with Crippen LogP contribution in [-0.2, 0) is 10.0 Å². The molecule has 0 radical (unpaired) electrons. The maximum Gasteiger partial charge on any atom is 0.271 e. The molecule has 0 bridgehead atoms. The second-order valence-corrected chi connectivity index (χ2v) is 9.75. The van der Waals surface area contributed by atoms with Crippen LogP contribution in [0.15, 0.2) is 64.2 Å². The maximum atomic E-state index is 12.7. The van der Waals surface area contributed by atoms with E-state index in [1.807, 2.05) is 13.0 Å². The summed E-state index contributed by atoms with van der Waals surface area (Å²) in [7, 11) is -3.60. The van der Waals surface area contributed by atoms with Crippen LogP contribution in [0.1, 0.15) is 46.4 Å². The molecule has 3 rings (SSSR count). The molecule has 29 heavy (non-hydrogen) atoms. The molecule has 1 heterocycles. The summed E-state index contributed by atoms with van der Waals surface area (Å²) >= 11 is 1.15. The topological polar surface area (TPSA) is 75.3 Å². The van der Waals surface area contributed by atoms with Gasteiger partial charge in [0.15, 0.2) is 0 Å². The van der Waals surface area contributed by atoms with Crippen molar-refractivity contribution in [2.75, 3.05) is 4.72 Å². The van der Waals surface area contributed by atoms with Crippen LogP contribution in [0, 0.1) is 13.8 Å². The van der Waals surface area contributed by atoms with E-state index >= 15 is 0 Å². The average Bonchev–Trinajstić information content (AvgIpc) is 3.24. The minimum atomic E-state index is -3.60. The Kier molecular flexibility index (Phi) is 6.39. The SMILES string of the molecule is CCC(NC(=O)c1ccc(NS(=O)(=O)c2cccs2)cc1)c1ccc(C)c(C)c1. The van der Waals surface area contributed by atoms with Crippen LogP contribution in [0.3, 0.4) is 0 Å². The van der Waals surface area contributed by atoms with E-state index in [2.05, 4.69) is 36.0 Å². The van der Waals surface area contributed by atoms with Crippen molar-refractivity contribution in [3.8, 4) is 0 Å². The highest BCUT2D eigenvalue weighted by Crippen LogP contribution is 2.22. The van der Waals surface area contributed by atoms with E-state index in [-0.39, 0.29) is 16.2 Å². The third-order valence-corrected chi connectivity index (χ3v) is 7.58. The molecular formula is C22H24N2O3S2. The lowest BCUT2D eigenvalue weighted by Crippen LogP contribution is -2.28. The minimum absolute atomic E-state index is 0.0844. The quantitative estimate of drug-likeness (QED) is 0.553. The number of anilines is 1. The van der Waals surface area contributed by atoms with Gasteiger partial charge in [0.25, 0.3) is 15.9 Å². The molecule has 0 saturated carbocycles. The van der Waals surface area contributed by atoms with Gasteiger partial charge < -0.3 is 5.32 Å². The Labute approximate surface area is 175 Å². The van der Waals surface area contributed by atoms with Gasteiger partial charge in [0, 0.05) is 11.3 Å². The first-order valence-electron chi connectivity index (χ1n) is 9.34. The molecule has 0 aliphatic heterocycles. The molecule has 0 aliphatic rings. The zero-order valence-electron chi connectivity index (χ0n) is 16.6. The first-order valence-corrected chi connectivity index (χ1v) is 11.7. The fraction of sp³-hybridized carbons (Fsp3) is 0.227. The number of hydrogen-bond acceptors (Lipinski definition) is 4. The molecular weight excluding hydrogens is 404 g/mol. The molecule has 3 aromatic rings. The van der Waals surface area contributed by atoms with Gasteiger partial charge in [0.1, 0.15) is 4.21 Å². The molecule has 2 aromatic carbocycles. The number of nitrogens with one attached hydrogen (secondary N) is 2. The van der Waals surface area contributed by atoms with Crippen LogP contribution in [0.2, 0.25) is 0 Å². The van der Waals surface area contributed by atoms with Crippen molar-refractivity contribution in [2.24, 2.45) is 0 Å². The molecule has 152 valence electrons. The highest BCUT2D eigenvalue weighted by molar-refractivity contribution is 7.94. The van der Waals surface area contributed by atoms with Crippen LogP contribution in [0.4, 0.5) is 5.69 Å². The van der Waals surface area contributed by atoms with Gasteiger partial charge >= 0.3 is 0 Å². The van der Waals surface area contributed by atoms with Gasteiger partial charge in [-0.1, -0.05) is 31.2 Å². The molecule has 1 unspecified atom stereocenters. The molecule has 1 amide bonds. The van der Waals surface area contributed by atoms with E-state index in [0.717, 1.165) is 23.3 Å². The van der Waals surface area contributed by atoms with Gasteiger partial charge in [0.05, 0.1) is 6.04 Å². The standard InChI is InChI=1S/C22H24N2O3S2/c1-4-20(18-8-7-15(2)16(3)14-18)23-22(25)17-9-11-19(12-10-17)24-29(26,27)21-6-5-13-28-21/h5-14,20,24H,4H2,1-3H3,(H,23,25). The Morgan fingerprint density at radius 2 is 1.76 bits per heavy atom. The average molecular weight is 429 g/mol. The molecule has 2 N–H and O–H groups in total. The minimum Gasteiger partial charge on any atom is -0.345 e. The lowest BCUT2D eigenvalue weighted by Gasteiger charge is -2.19. The van der Waals surface area contributed by atoms with Crippen molar-refractivity contribution in [3.63, 3.8) is 0 Å². The molecule has 0 fully saturated rings. The van der Waals surface area contributed by atoms with Gasteiger partial charge in [-0.3, -0.25) is 9.52 Å². The van der Waals surface area contributed by atoms with Crippen LogP contribution in [-0.4, -0.2) is 14.3 Å². The van der Waals surface area contributed by atoms with Crippen molar-refractivity contribution in [3.05, 3.63) is 82.2 Å². The summed E-state index contributed by atoms with van der Waals surface area (Å²) in [6.07, 6.45) is 0.771. The second-order valence-electron chi connectivity index (χ2n) is 6.89. The number of thiophene rings is 1. The second kappa shape index (κ2) is 8.80. The Balaban J connectivity index is 1.70. The van der Waals surface area contributed by atoms with Crippen molar-refractivity contribution in [2.45, 2.75) is 37.4 Å². The number of hydrogen-bond donors (Lipinski definition) is 2. The molecule has 0 aliphatic carbocycles. The number of carbonyl (C=O) groups is 1. The number of amides is 1. The number of sulfonamides is 1. The predicted molar refractivity (Wildman–Crippen MR) is 118 cm³/mol. The molecule has 7 heteroatoms. The van der Waals surface area contributed by atoms with Gasteiger partial charge in [0.2, 0.25) is 0 Å². The van der Waals surface area contributed by atoms with Crippen molar-refractivity contribution >= 4 is 33.0 Å². The highest BCUT2D eigenvalue weighted by Gasteiger charge is 2.17. The third-order valence-electron chi connectivity index (χ3n) is 4.81. The zero-order valence-corrected chi connectivity index (χ0v) is 18.2. The Bertz CT molecular complexity index is 1090. The van der Waals surface area contributed by atoms with Crippen molar-refractivity contribution < 1.29 is 13.2 Å². The van der Waals surface area contributed by atoms with E-state index in [0.29, 0.717) is 11.3 Å². The Morgan fingerprint density at radius 1 is 1.03 bits per heavy atom. The van der Waals surface area contributed by atoms with Gasteiger partial charge in [-0.25, -0.2) is 8.42 Å². The number of carbonyl (C=O) groups excluding carboxylic acids is 1. The lowest BCUT2D eigenvalue weighted by molar-refractivity contribution is 0.0935. The monoisotopic (exact) mass is 428 g/mol. The Hall–Kier alpha value is -2.64. The number of benzene rings is 2. The number of aryl methyl sites for hydroxylation is 2. The third kappa shape index (κ3) is 5.05. The normalized spacial score (nSPS) is 12.4. The first kappa shape index (κ1) is 21.1. The van der Waals surface area contributed by atoms with Crippen LogP contribution in [0.5, 0.6) is 0 Å². The van der Waals surface area contributed by atoms with E-state index in [1.54, 1.807) is 41.8 Å². The summed E-state index contributed by atoms with van der Waals surface area (Å²) in [5, 5.41) is 4.77. The zero-order chi connectivity index (χ0) is 21.0. The maximum absolute atomic E-state index is 12.7. The summed E-state index contributed by atoms with van der Waals surface area (Å²) in [6, 6.07) is 15.8.